The normalized spacial score (nSPS) is 28.0. The van der Waals surface area contributed by atoms with Crippen LogP contribution in [0.4, 0.5) is 0 Å². The first-order valence-electron chi connectivity index (χ1n) is 12.6. The number of rotatable bonds is 4. The first kappa shape index (κ1) is 23.2. The van der Waals surface area contributed by atoms with Crippen LogP contribution in [0.2, 0.25) is 0 Å². The van der Waals surface area contributed by atoms with Gasteiger partial charge in [0.1, 0.15) is 0 Å². The van der Waals surface area contributed by atoms with Gasteiger partial charge in [0.25, 0.3) is 0 Å². The van der Waals surface area contributed by atoms with Crippen LogP contribution in [0.1, 0.15) is 103 Å². The maximum Gasteiger partial charge on any atom is 0.0653 e. The van der Waals surface area contributed by atoms with E-state index < -0.39 is 0 Å². The van der Waals surface area contributed by atoms with Crippen molar-refractivity contribution in [1.82, 2.24) is 16.4 Å². The molecule has 3 aliphatic rings. The molecule has 1 saturated carbocycles. The Morgan fingerprint density at radius 1 is 0.903 bits per heavy atom. The van der Waals surface area contributed by atoms with E-state index in [-0.39, 0.29) is 10.8 Å². The second kappa shape index (κ2) is 9.13. The van der Waals surface area contributed by atoms with Gasteiger partial charge in [-0.05, 0) is 66.4 Å². The lowest BCUT2D eigenvalue weighted by Gasteiger charge is -2.41. The lowest BCUT2D eigenvalue weighted by molar-refractivity contribution is 0.380. The molecule has 0 spiro atoms. The molecule has 4 heteroatoms. The van der Waals surface area contributed by atoms with Crippen molar-refractivity contribution in [3.05, 3.63) is 44.7 Å². The Hall–Kier alpha value is -0.940. The van der Waals surface area contributed by atoms with Gasteiger partial charge in [0.15, 0.2) is 0 Å². The third kappa shape index (κ3) is 4.46. The van der Waals surface area contributed by atoms with Gasteiger partial charge in [0, 0.05) is 15.2 Å². The average molecular weight is 442 g/mol. The van der Waals surface area contributed by atoms with Gasteiger partial charge in [0.2, 0.25) is 0 Å². The maximum atomic E-state index is 3.62. The smallest absolute Gasteiger partial charge is 0.0653 e. The summed E-state index contributed by atoms with van der Waals surface area (Å²) >= 11 is 2.01. The van der Waals surface area contributed by atoms with Crippen molar-refractivity contribution < 1.29 is 0 Å². The second-order valence-electron chi connectivity index (χ2n) is 11.2. The molecule has 0 bridgehead atoms. The standard InChI is InChI=1S/C27H43N3S/c1-7-27(6,22-16-15-21(31-22)26(3,4)5)20-17-18(2)23(25-24(20)28-30-29-25)19-13-11-9-8-10-12-14-19/h15-17,19,24-25,28-30H,7-14H2,1-6H3. The third-order valence-electron chi connectivity index (χ3n) is 8.06. The number of fused-ring (bicyclic) bond motifs is 1. The fourth-order valence-electron chi connectivity index (χ4n) is 5.93. The highest BCUT2D eigenvalue weighted by Gasteiger charge is 2.45. The van der Waals surface area contributed by atoms with Gasteiger partial charge in [-0.15, -0.1) is 11.3 Å². The lowest BCUT2D eigenvalue weighted by atomic mass is 9.67. The SMILES string of the molecule is CCC(C)(C1=CC(C)=C(C2CCCCCCC2)C2NNNC12)c1ccc(C(C)(C)C)s1. The number of nitrogens with one attached hydrogen (secondary N) is 3. The Bertz CT molecular complexity index is 835. The van der Waals surface area contributed by atoms with Crippen molar-refractivity contribution in [2.45, 2.75) is 116 Å². The van der Waals surface area contributed by atoms with Crippen LogP contribution < -0.4 is 16.4 Å². The van der Waals surface area contributed by atoms with Gasteiger partial charge in [-0.25, -0.2) is 10.9 Å². The van der Waals surface area contributed by atoms with Crippen LogP contribution in [0.5, 0.6) is 0 Å². The average Bonchev–Trinajstić information content (AvgIpc) is 3.37. The van der Waals surface area contributed by atoms with Crippen LogP contribution in [-0.2, 0) is 10.8 Å². The summed E-state index contributed by atoms with van der Waals surface area (Å²) in [6.07, 6.45) is 13.4. The Morgan fingerprint density at radius 2 is 1.52 bits per heavy atom. The predicted molar refractivity (Wildman–Crippen MR) is 134 cm³/mol. The fraction of sp³-hybridized carbons (Fsp3) is 0.704. The van der Waals surface area contributed by atoms with Crippen LogP contribution in [-0.4, -0.2) is 12.1 Å². The Kier molecular flexibility index (Phi) is 6.84. The number of hydrogen-bond donors (Lipinski definition) is 3. The summed E-state index contributed by atoms with van der Waals surface area (Å²) < 4.78 is 0. The largest absolute Gasteiger partial charge is 0.235 e. The number of hydrazine groups is 2. The molecular formula is C27H43N3S. The van der Waals surface area contributed by atoms with Crippen molar-refractivity contribution in [3.8, 4) is 0 Å². The summed E-state index contributed by atoms with van der Waals surface area (Å²) in [7, 11) is 0. The van der Waals surface area contributed by atoms with E-state index in [1.807, 2.05) is 11.3 Å². The zero-order chi connectivity index (χ0) is 22.2. The second-order valence-corrected chi connectivity index (χ2v) is 12.3. The van der Waals surface area contributed by atoms with Crippen molar-refractivity contribution in [2.24, 2.45) is 5.92 Å². The van der Waals surface area contributed by atoms with Crippen molar-refractivity contribution >= 4 is 11.3 Å². The Morgan fingerprint density at radius 3 is 2.13 bits per heavy atom. The molecule has 3 nitrogen and oxygen atoms in total. The summed E-state index contributed by atoms with van der Waals surface area (Å²) in [5.74, 6) is 0.724. The predicted octanol–water partition coefficient (Wildman–Crippen LogP) is 6.68. The Balaban J connectivity index is 1.73. The number of allylic oxidation sites excluding steroid dienone is 2. The molecular weight excluding hydrogens is 398 g/mol. The van der Waals surface area contributed by atoms with Gasteiger partial charge < -0.3 is 0 Å². The van der Waals surface area contributed by atoms with E-state index in [0.717, 1.165) is 12.3 Å². The molecule has 0 amide bonds. The van der Waals surface area contributed by atoms with E-state index in [1.54, 1.807) is 5.57 Å². The van der Waals surface area contributed by atoms with E-state index >= 15 is 0 Å². The monoisotopic (exact) mass is 441 g/mol. The first-order valence-corrected chi connectivity index (χ1v) is 13.4. The maximum absolute atomic E-state index is 3.62. The van der Waals surface area contributed by atoms with Crippen molar-refractivity contribution in [2.75, 3.05) is 0 Å². The fourth-order valence-corrected chi connectivity index (χ4v) is 7.24. The van der Waals surface area contributed by atoms with E-state index in [9.17, 15) is 0 Å². The van der Waals surface area contributed by atoms with Gasteiger partial charge in [-0.2, -0.15) is 5.53 Å². The van der Waals surface area contributed by atoms with E-state index in [0.29, 0.717) is 12.1 Å². The molecule has 1 aliphatic heterocycles. The highest BCUT2D eigenvalue weighted by atomic mass is 32.1. The molecule has 0 aromatic carbocycles. The first-order chi connectivity index (χ1) is 14.8. The zero-order valence-corrected chi connectivity index (χ0v) is 21.3. The van der Waals surface area contributed by atoms with Crippen molar-refractivity contribution in [3.63, 3.8) is 0 Å². The highest BCUT2D eigenvalue weighted by molar-refractivity contribution is 7.12. The molecule has 1 aromatic heterocycles. The molecule has 0 radical (unpaired) electrons. The third-order valence-corrected chi connectivity index (χ3v) is 9.84. The number of thiophene rings is 1. The molecule has 1 aromatic rings. The van der Waals surface area contributed by atoms with Gasteiger partial charge in [0.05, 0.1) is 12.1 Å². The van der Waals surface area contributed by atoms with Crippen LogP contribution >= 0.6 is 11.3 Å². The molecule has 3 N–H and O–H groups in total. The zero-order valence-electron chi connectivity index (χ0n) is 20.5. The quantitative estimate of drug-likeness (QED) is 0.488. The van der Waals surface area contributed by atoms with Crippen LogP contribution in [0.15, 0.2) is 34.9 Å². The molecule has 2 fully saturated rings. The minimum atomic E-state index is 0.0471. The molecule has 2 aliphatic carbocycles. The molecule has 2 heterocycles. The Labute approximate surface area is 194 Å². The van der Waals surface area contributed by atoms with Gasteiger partial charge >= 0.3 is 0 Å². The summed E-state index contributed by atoms with van der Waals surface area (Å²) in [6, 6.07) is 5.42. The van der Waals surface area contributed by atoms with Gasteiger partial charge in [-0.1, -0.05) is 72.8 Å². The minimum absolute atomic E-state index is 0.0471. The summed E-state index contributed by atoms with van der Waals surface area (Å²) in [5.41, 5.74) is 15.5. The molecule has 3 unspecified atom stereocenters. The van der Waals surface area contributed by atoms with E-state index in [4.69, 9.17) is 0 Å². The van der Waals surface area contributed by atoms with Crippen LogP contribution in [0.3, 0.4) is 0 Å². The molecule has 172 valence electrons. The molecule has 31 heavy (non-hydrogen) atoms. The van der Waals surface area contributed by atoms with E-state index in [1.165, 1.54) is 65.8 Å². The summed E-state index contributed by atoms with van der Waals surface area (Å²) in [5, 5.41) is 0. The summed E-state index contributed by atoms with van der Waals surface area (Å²) in [6.45, 7) is 14.1. The van der Waals surface area contributed by atoms with E-state index in [2.05, 4.69) is 76.1 Å². The molecule has 1 saturated heterocycles. The summed E-state index contributed by atoms with van der Waals surface area (Å²) in [4.78, 5) is 2.98. The minimum Gasteiger partial charge on any atom is -0.235 e. The number of hydrogen-bond acceptors (Lipinski definition) is 4. The lowest BCUT2D eigenvalue weighted by Crippen LogP contribution is -2.46. The molecule has 3 atom stereocenters. The van der Waals surface area contributed by atoms with Crippen LogP contribution in [0, 0.1) is 5.92 Å². The molecule has 4 rings (SSSR count). The highest BCUT2D eigenvalue weighted by Crippen LogP contribution is 2.47. The van der Waals surface area contributed by atoms with Crippen LogP contribution in [0.25, 0.3) is 0 Å². The van der Waals surface area contributed by atoms with Gasteiger partial charge in [-0.3, -0.25) is 0 Å². The van der Waals surface area contributed by atoms with Crippen molar-refractivity contribution in [1.29, 1.82) is 0 Å². The topological polar surface area (TPSA) is 36.1 Å².